The summed E-state index contributed by atoms with van der Waals surface area (Å²) >= 11 is 0. The molecule has 6 heteroatoms. The van der Waals surface area contributed by atoms with Crippen LogP contribution in [0.2, 0.25) is 0 Å². The SMILES string of the molecule is CCOC(=O)c1c(C)[nH]c(C(=O)N[C@@H](C)c2ccccn2)c1C. The van der Waals surface area contributed by atoms with Crippen LogP contribution in [0.25, 0.3) is 0 Å². The first-order valence-corrected chi connectivity index (χ1v) is 7.53. The zero-order valence-corrected chi connectivity index (χ0v) is 13.8. The van der Waals surface area contributed by atoms with Gasteiger partial charge in [0.25, 0.3) is 5.91 Å². The molecule has 2 N–H and O–H groups in total. The maximum absolute atomic E-state index is 12.5. The molecule has 2 aromatic heterocycles. The number of carbonyl (C=O) groups excluding carboxylic acids is 2. The monoisotopic (exact) mass is 315 g/mol. The summed E-state index contributed by atoms with van der Waals surface area (Å²) in [6.07, 6.45) is 1.68. The number of nitrogens with zero attached hydrogens (tertiary/aromatic N) is 1. The number of aromatic nitrogens is 2. The molecular formula is C17H21N3O3. The Bertz CT molecular complexity index is 707. The molecule has 0 aliphatic rings. The van der Waals surface area contributed by atoms with Crippen LogP contribution in [0, 0.1) is 13.8 Å². The number of esters is 1. The summed E-state index contributed by atoms with van der Waals surface area (Å²) < 4.78 is 5.03. The van der Waals surface area contributed by atoms with E-state index in [1.807, 2.05) is 25.1 Å². The summed E-state index contributed by atoms with van der Waals surface area (Å²) in [6.45, 7) is 7.38. The Kier molecular flexibility index (Phi) is 5.16. The van der Waals surface area contributed by atoms with Crippen molar-refractivity contribution in [2.45, 2.75) is 33.7 Å². The number of aromatic amines is 1. The predicted octanol–water partition coefficient (Wildman–Crippen LogP) is 2.69. The fourth-order valence-corrected chi connectivity index (χ4v) is 2.46. The first-order chi connectivity index (χ1) is 11.0. The van der Waals surface area contributed by atoms with Crippen LogP contribution in [-0.2, 0) is 4.74 Å². The molecule has 6 nitrogen and oxygen atoms in total. The number of aryl methyl sites for hydroxylation is 1. The standard InChI is InChI=1S/C17H21N3O3/c1-5-23-17(22)14-10(2)15(19-12(14)4)16(21)20-11(3)13-8-6-7-9-18-13/h6-9,11,19H,5H2,1-4H3,(H,20,21)/t11-/m0/s1. The van der Waals surface area contributed by atoms with Gasteiger partial charge >= 0.3 is 5.97 Å². The number of carbonyl (C=O) groups is 2. The summed E-state index contributed by atoms with van der Waals surface area (Å²) in [7, 11) is 0. The van der Waals surface area contributed by atoms with Crippen molar-refractivity contribution in [2.75, 3.05) is 6.61 Å². The van der Waals surface area contributed by atoms with Crippen LogP contribution >= 0.6 is 0 Å². The van der Waals surface area contributed by atoms with Gasteiger partial charge in [-0.25, -0.2) is 4.79 Å². The molecule has 0 aliphatic carbocycles. The summed E-state index contributed by atoms with van der Waals surface area (Å²) in [5.41, 5.74) is 2.77. The molecule has 0 unspecified atom stereocenters. The third-order valence-electron chi connectivity index (χ3n) is 3.62. The van der Waals surface area contributed by atoms with Crippen molar-refractivity contribution >= 4 is 11.9 Å². The molecule has 0 bridgehead atoms. The second kappa shape index (κ2) is 7.09. The van der Waals surface area contributed by atoms with Gasteiger partial charge in [0.15, 0.2) is 0 Å². The molecule has 0 aliphatic heterocycles. The number of amides is 1. The molecule has 0 saturated carbocycles. The minimum absolute atomic E-state index is 0.238. The third-order valence-corrected chi connectivity index (χ3v) is 3.62. The van der Waals surface area contributed by atoms with E-state index in [2.05, 4.69) is 15.3 Å². The van der Waals surface area contributed by atoms with E-state index in [9.17, 15) is 9.59 Å². The van der Waals surface area contributed by atoms with E-state index >= 15 is 0 Å². The summed E-state index contributed by atoms with van der Waals surface area (Å²) in [4.78, 5) is 31.7. The van der Waals surface area contributed by atoms with Crippen LogP contribution in [0.1, 0.15) is 57.7 Å². The quantitative estimate of drug-likeness (QED) is 0.831. The van der Waals surface area contributed by atoms with Gasteiger partial charge in [-0.3, -0.25) is 9.78 Å². The number of H-pyrrole nitrogens is 1. The molecule has 0 saturated heterocycles. The predicted molar refractivity (Wildman–Crippen MR) is 86.3 cm³/mol. The minimum atomic E-state index is -0.421. The van der Waals surface area contributed by atoms with Crippen molar-refractivity contribution in [2.24, 2.45) is 0 Å². The van der Waals surface area contributed by atoms with Gasteiger partial charge in [-0.05, 0) is 45.4 Å². The van der Waals surface area contributed by atoms with Gasteiger partial charge in [-0.1, -0.05) is 6.07 Å². The lowest BCUT2D eigenvalue weighted by atomic mass is 10.1. The molecule has 2 rings (SSSR count). The molecule has 2 heterocycles. The molecule has 1 amide bonds. The average Bonchev–Trinajstić information content (AvgIpc) is 2.83. The number of hydrogen-bond donors (Lipinski definition) is 2. The van der Waals surface area contributed by atoms with E-state index < -0.39 is 5.97 Å². The van der Waals surface area contributed by atoms with Crippen LogP contribution < -0.4 is 5.32 Å². The zero-order valence-electron chi connectivity index (χ0n) is 13.8. The van der Waals surface area contributed by atoms with Gasteiger partial charge in [0.05, 0.1) is 23.9 Å². The number of rotatable bonds is 5. The molecule has 23 heavy (non-hydrogen) atoms. The van der Waals surface area contributed by atoms with Crippen LogP contribution in [0.15, 0.2) is 24.4 Å². The lowest BCUT2D eigenvalue weighted by Crippen LogP contribution is -2.28. The summed E-state index contributed by atoms with van der Waals surface area (Å²) in [5, 5.41) is 2.88. The summed E-state index contributed by atoms with van der Waals surface area (Å²) in [6, 6.07) is 5.30. The lowest BCUT2D eigenvalue weighted by molar-refractivity contribution is 0.0525. The first kappa shape index (κ1) is 16.7. The Morgan fingerprint density at radius 2 is 2.09 bits per heavy atom. The van der Waals surface area contributed by atoms with Crippen LogP contribution in [-0.4, -0.2) is 28.5 Å². The second-order valence-electron chi connectivity index (χ2n) is 5.30. The van der Waals surface area contributed by atoms with Gasteiger partial charge in [0, 0.05) is 11.9 Å². The molecule has 0 aromatic carbocycles. The van der Waals surface area contributed by atoms with E-state index in [1.54, 1.807) is 27.0 Å². The lowest BCUT2D eigenvalue weighted by Gasteiger charge is -2.13. The third kappa shape index (κ3) is 3.59. The van der Waals surface area contributed by atoms with Crippen LogP contribution in [0.3, 0.4) is 0 Å². The van der Waals surface area contributed by atoms with Crippen LogP contribution in [0.4, 0.5) is 0 Å². The van der Waals surface area contributed by atoms with Gasteiger partial charge < -0.3 is 15.0 Å². The van der Waals surface area contributed by atoms with Gasteiger partial charge in [-0.15, -0.1) is 0 Å². The van der Waals surface area contributed by atoms with E-state index in [0.29, 0.717) is 29.1 Å². The first-order valence-electron chi connectivity index (χ1n) is 7.53. The molecule has 0 fully saturated rings. The normalized spacial score (nSPS) is 11.8. The Balaban J connectivity index is 2.20. The number of ether oxygens (including phenoxy) is 1. The van der Waals surface area contributed by atoms with Gasteiger partial charge in [0.1, 0.15) is 5.69 Å². The molecule has 122 valence electrons. The van der Waals surface area contributed by atoms with E-state index in [0.717, 1.165) is 5.69 Å². The van der Waals surface area contributed by atoms with Crippen molar-refractivity contribution in [3.05, 3.63) is 52.6 Å². The smallest absolute Gasteiger partial charge is 0.340 e. The van der Waals surface area contributed by atoms with Crippen molar-refractivity contribution in [1.82, 2.24) is 15.3 Å². The van der Waals surface area contributed by atoms with Crippen molar-refractivity contribution in [3.8, 4) is 0 Å². The van der Waals surface area contributed by atoms with Crippen molar-refractivity contribution < 1.29 is 14.3 Å². The Morgan fingerprint density at radius 1 is 1.35 bits per heavy atom. The Hall–Kier alpha value is -2.63. The molecule has 0 radical (unpaired) electrons. The topological polar surface area (TPSA) is 84.1 Å². The minimum Gasteiger partial charge on any atom is -0.462 e. The number of nitrogens with one attached hydrogen (secondary N) is 2. The van der Waals surface area contributed by atoms with Gasteiger partial charge in [0.2, 0.25) is 0 Å². The second-order valence-corrected chi connectivity index (χ2v) is 5.30. The Morgan fingerprint density at radius 3 is 2.70 bits per heavy atom. The van der Waals surface area contributed by atoms with Gasteiger partial charge in [-0.2, -0.15) is 0 Å². The highest BCUT2D eigenvalue weighted by Crippen LogP contribution is 2.20. The Labute approximate surface area is 135 Å². The highest BCUT2D eigenvalue weighted by Gasteiger charge is 2.23. The van der Waals surface area contributed by atoms with E-state index in [-0.39, 0.29) is 11.9 Å². The van der Waals surface area contributed by atoms with Crippen LogP contribution in [0.5, 0.6) is 0 Å². The zero-order chi connectivity index (χ0) is 17.0. The maximum atomic E-state index is 12.5. The molecule has 0 spiro atoms. The summed E-state index contributed by atoms with van der Waals surface area (Å²) in [5.74, 6) is -0.699. The molecule has 1 atom stereocenters. The van der Waals surface area contributed by atoms with E-state index in [1.165, 1.54) is 0 Å². The maximum Gasteiger partial charge on any atom is 0.340 e. The molecule has 2 aromatic rings. The molecular weight excluding hydrogens is 294 g/mol. The van der Waals surface area contributed by atoms with Crippen molar-refractivity contribution in [1.29, 1.82) is 0 Å². The number of hydrogen-bond acceptors (Lipinski definition) is 4. The highest BCUT2D eigenvalue weighted by molar-refractivity contribution is 6.00. The van der Waals surface area contributed by atoms with Crippen molar-refractivity contribution in [3.63, 3.8) is 0 Å². The average molecular weight is 315 g/mol. The largest absolute Gasteiger partial charge is 0.462 e. The fourth-order valence-electron chi connectivity index (χ4n) is 2.46. The highest BCUT2D eigenvalue weighted by atomic mass is 16.5. The van der Waals surface area contributed by atoms with E-state index in [4.69, 9.17) is 4.74 Å². The number of pyridine rings is 1. The fraction of sp³-hybridized carbons (Fsp3) is 0.353.